The zero-order valence-corrected chi connectivity index (χ0v) is 52.9. The molecule has 4 aliphatic rings. The minimum atomic E-state index is -4.50. The SMILES string of the molecule is CC1(C)C(/C=C/C2=C(Oc3ccc(SOOO)cc3)C(=C/C=C3/N(CCCCCC(=O)ON4C(=O)CCC4=O)c4ccc5cc(S(=O)(=O)O)ccc5c4C3(C)C)/CCC2)=[N+](CCCS(=O)(=O)O)c2ccc(N(CCCSOOO)CCCSOOO)cc21. The molecule has 5 N–H and O–H groups in total. The number of benzene rings is 4. The van der Waals surface area contributed by atoms with E-state index in [-0.39, 0.29) is 37.1 Å². The number of allylic oxidation sites excluding steroid dienone is 7. The lowest BCUT2D eigenvalue weighted by Gasteiger charge is -2.28. The highest BCUT2D eigenvalue weighted by Gasteiger charge is 2.45. The first-order valence-corrected chi connectivity index (χ1v) is 34.0. The molecule has 3 aliphatic heterocycles. The quantitative estimate of drug-likeness (QED) is 0.00563. The van der Waals surface area contributed by atoms with Crippen molar-refractivity contribution in [2.24, 2.45) is 0 Å². The van der Waals surface area contributed by atoms with Crippen LogP contribution in [0.1, 0.15) is 116 Å². The Kier molecular flexibility index (Phi) is 23.9. The zero-order valence-electron chi connectivity index (χ0n) is 48.9. The van der Waals surface area contributed by atoms with Crippen LogP contribution in [0.4, 0.5) is 17.1 Å². The Hall–Kier alpha value is -5.71. The maximum atomic E-state index is 12.7. The maximum Gasteiger partial charge on any atom is 0.333 e. The van der Waals surface area contributed by atoms with E-state index in [1.165, 1.54) is 12.1 Å². The molecule has 1 saturated heterocycles. The summed E-state index contributed by atoms with van der Waals surface area (Å²) >= 11 is 2.72. The van der Waals surface area contributed by atoms with Crippen LogP contribution in [0.3, 0.4) is 0 Å². The Bertz CT molecular complexity index is 3560. The average molecular weight is 1320 g/mol. The summed E-state index contributed by atoms with van der Waals surface area (Å²) in [5, 5.41) is 39.4. The van der Waals surface area contributed by atoms with Crippen LogP contribution in [0.25, 0.3) is 10.8 Å². The summed E-state index contributed by atoms with van der Waals surface area (Å²) in [6.45, 7) is 10.3. The number of hydrogen-bond donors (Lipinski definition) is 5. The van der Waals surface area contributed by atoms with Crippen LogP contribution in [-0.2, 0) is 78.4 Å². The molecule has 0 aromatic heterocycles. The van der Waals surface area contributed by atoms with Crippen LogP contribution in [0.2, 0.25) is 0 Å². The smallest absolute Gasteiger partial charge is 0.333 e. The molecule has 0 bridgehead atoms. The minimum Gasteiger partial charge on any atom is -0.457 e. The number of anilines is 2. The van der Waals surface area contributed by atoms with Crippen LogP contribution in [-0.4, -0.2) is 118 Å². The van der Waals surface area contributed by atoms with Gasteiger partial charge in [-0.2, -0.15) is 21.4 Å². The minimum absolute atomic E-state index is 0.00745. The van der Waals surface area contributed by atoms with E-state index in [1.807, 2.05) is 36.4 Å². The van der Waals surface area contributed by atoms with Crippen molar-refractivity contribution < 1.29 is 98.4 Å². The molecule has 4 aromatic carbocycles. The van der Waals surface area contributed by atoms with Crippen molar-refractivity contribution >= 4 is 108 Å². The van der Waals surface area contributed by atoms with Gasteiger partial charge in [-0.15, -0.1) is 18.1 Å². The van der Waals surface area contributed by atoms with Gasteiger partial charge in [0.2, 0.25) is 5.69 Å². The Morgan fingerprint density at radius 3 is 2.09 bits per heavy atom. The van der Waals surface area contributed by atoms with Crippen LogP contribution in [0, 0.1) is 0 Å². The number of fused-ring (bicyclic) bond motifs is 4. The molecule has 8 rings (SSSR count). The monoisotopic (exact) mass is 1320 g/mol. The van der Waals surface area contributed by atoms with Gasteiger partial charge >= 0.3 is 5.97 Å². The molecular weight excluding hydrogens is 1240 g/mol. The first-order valence-electron chi connectivity index (χ1n) is 28.4. The van der Waals surface area contributed by atoms with Gasteiger partial charge < -0.3 is 19.4 Å². The number of carbonyl (C=O) groups excluding carboxylic acids is 3. The number of hydroxylamine groups is 2. The lowest BCUT2D eigenvalue weighted by atomic mass is 9.80. The number of unbranched alkanes of at least 4 members (excludes halogenated alkanes) is 2. The number of ether oxygens (including phenoxy) is 1. The summed E-state index contributed by atoms with van der Waals surface area (Å²) in [6.07, 6.45) is 13.2. The molecule has 0 spiro atoms. The molecule has 1 aliphatic carbocycles. The second-order valence-corrected chi connectivity index (χ2v) is 27.5. The highest BCUT2D eigenvalue weighted by molar-refractivity contribution is 7.95. The fourth-order valence-corrected chi connectivity index (χ4v) is 13.6. The highest BCUT2D eigenvalue weighted by Crippen LogP contribution is 2.52. The van der Waals surface area contributed by atoms with Gasteiger partial charge in [-0.1, -0.05) is 53.6 Å². The molecule has 88 heavy (non-hydrogen) atoms. The molecule has 2 amide bonds. The Morgan fingerprint density at radius 1 is 0.739 bits per heavy atom. The van der Waals surface area contributed by atoms with Gasteiger partial charge in [-0.3, -0.25) is 18.7 Å². The van der Waals surface area contributed by atoms with Gasteiger partial charge in [0.1, 0.15) is 18.1 Å². The van der Waals surface area contributed by atoms with E-state index in [0.29, 0.717) is 103 Å². The van der Waals surface area contributed by atoms with E-state index in [4.69, 9.17) is 25.3 Å². The van der Waals surface area contributed by atoms with Crippen LogP contribution in [0.5, 0.6) is 5.75 Å². The predicted octanol–water partition coefficient (Wildman–Crippen LogP) is 11.7. The fourth-order valence-electron chi connectivity index (χ4n) is 11.6. The van der Waals surface area contributed by atoms with Gasteiger partial charge in [-0.25, -0.2) is 20.6 Å². The Morgan fingerprint density at radius 2 is 1.43 bits per heavy atom. The van der Waals surface area contributed by atoms with Crippen molar-refractivity contribution in [3.05, 3.63) is 131 Å². The Balaban J connectivity index is 1.17. The summed E-state index contributed by atoms with van der Waals surface area (Å²) in [4.78, 5) is 46.8. The average Bonchev–Trinajstić information content (AvgIpc) is 1.69. The van der Waals surface area contributed by atoms with Gasteiger partial charge in [0.15, 0.2) is 5.71 Å². The molecule has 3 heterocycles. The number of amides is 2. The van der Waals surface area contributed by atoms with E-state index in [9.17, 15) is 40.3 Å². The summed E-state index contributed by atoms with van der Waals surface area (Å²) in [6, 6.07) is 21.5. The topological polar surface area (TPSA) is 307 Å². The lowest BCUT2D eigenvalue weighted by Crippen LogP contribution is -2.32. The molecular formula is C59H71N4O20S5+. The van der Waals surface area contributed by atoms with Crippen molar-refractivity contribution in [2.75, 3.05) is 53.2 Å². The summed E-state index contributed by atoms with van der Waals surface area (Å²) in [5.74, 6) is -0.122. The van der Waals surface area contributed by atoms with E-state index in [1.54, 1.807) is 30.3 Å². The number of nitrogens with zero attached hydrogens (tertiary/aromatic N) is 4. The molecule has 1 fully saturated rings. The van der Waals surface area contributed by atoms with Crippen LogP contribution < -0.4 is 14.5 Å². The molecule has 0 unspecified atom stereocenters. The first kappa shape index (κ1) is 68.2. The molecule has 0 atom stereocenters. The second kappa shape index (κ2) is 30.9. The summed E-state index contributed by atoms with van der Waals surface area (Å²) in [5.41, 5.74) is 6.72. The third-order valence-electron chi connectivity index (χ3n) is 15.6. The largest absolute Gasteiger partial charge is 0.457 e. The molecule has 0 radical (unpaired) electrons. The van der Waals surface area contributed by atoms with Gasteiger partial charge in [-0.05, 0) is 153 Å². The zero-order chi connectivity index (χ0) is 63.2. The van der Waals surface area contributed by atoms with Crippen molar-refractivity contribution in [1.82, 2.24) is 5.06 Å². The number of imide groups is 1. The third kappa shape index (κ3) is 17.2. The van der Waals surface area contributed by atoms with Crippen LogP contribution in [0.15, 0.2) is 129 Å². The molecule has 24 nitrogen and oxygen atoms in total. The summed E-state index contributed by atoms with van der Waals surface area (Å²) < 4.78 is 91.6. The van der Waals surface area contributed by atoms with Gasteiger partial charge in [0, 0.05) is 126 Å². The summed E-state index contributed by atoms with van der Waals surface area (Å²) in [7, 11) is -8.79. The lowest BCUT2D eigenvalue weighted by molar-refractivity contribution is -0.437. The van der Waals surface area contributed by atoms with Crippen molar-refractivity contribution in [1.29, 1.82) is 0 Å². The van der Waals surface area contributed by atoms with E-state index in [2.05, 4.69) is 88.4 Å². The van der Waals surface area contributed by atoms with Crippen molar-refractivity contribution in [3.8, 4) is 5.75 Å². The normalized spacial score (nSPS) is 17.6. The van der Waals surface area contributed by atoms with Gasteiger partial charge in [0.05, 0.1) is 28.1 Å². The van der Waals surface area contributed by atoms with E-state index < -0.39 is 54.6 Å². The molecule has 29 heteroatoms. The Labute approximate surface area is 523 Å². The predicted molar refractivity (Wildman–Crippen MR) is 330 cm³/mol. The van der Waals surface area contributed by atoms with Crippen molar-refractivity contribution in [2.45, 2.75) is 125 Å². The fraction of sp³-hybridized carbons (Fsp3) is 0.424. The maximum absolute atomic E-state index is 12.7. The molecule has 476 valence electrons. The first-order chi connectivity index (χ1) is 42.0. The van der Waals surface area contributed by atoms with Crippen molar-refractivity contribution in [3.63, 3.8) is 0 Å². The second-order valence-electron chi connectivity index (χ2n) is 22.2. The molecule has 0 saturated carbocycles. The third-order valence-corrected chi connectivity index (χ3v) is 19.1. The number of carbonyl (C=O) groups is 3. The van der Waals surface area contributed by atoms with E-state index in [0.717, 1.165) is 98.7 Å². The van der Waals surface area contributed by atoms with Gasteiger partial charge in [0.25, 0.3) is 32.1 Å². The molecule has 4 aromatic rings. The number of rotatable bonds is 33. The standard InChI is InChI=1S/C59H70N4O20S5/c1-58(2)48-39-43(60(31-9-35-84-81-78-67)32-10-36-85-82-79-68)18-26-49(48)61(34-11-37-87(70,71)72)51(58)27-16-40-12-8-13-41(57(40)76-44-19-21-45(22-20-44)86-83-80-69)17-28-52-59(3,4)56-47-24-23-46(88(73,74)75)38-42(47)15-25-50(56)62(52)33-7-5-6-14-55(66)77-63-53(64)29-30-54(63)65/h15-28,38-39H,5-14,29-37H2,1-4H3,(H4-,67,68,69,70,71,72,73,74,75)/p+1. The number of hydrogen-bond acceptors (Lipinski definition) is 23. The van der Waals surface area contributed by atoms with E-state index >= 15 is 0 Å². The van der Waals surface area contributed by atoms with Crippen LogP contribution >= 0.6 is 36.1 Å². The highest BCUT2D eigenvalue weighted by atomic mass is 32.2.